The molecule has 0 aliphatic heterocycles. The minimum Gasteiger partial charge on any atom is -0.403 e. The zero-order valence-corrected chi connectivity index (χ0v) is 14.9. The van der Waals surface area contributed by atoms with Gasteiger partial charge in [-0.1, -0.05) is 34.4 Å². The Balaban J connectivity index is 1.92. The highest BCUT2D eigenvalue weighted by atomic mass is 35.5. The number of ether oxygens (including phenoxy) is 1. The van der Waals surface area contributed by atoms with Crippen LogP contribution in [-0.4, -0.2) is 11.2 Å². The van der Waals surface area contributed by atoms with Crippen LogP contribution in [0.15, 0.2) is 47.0 Å². The number of anilines is 1. The van der Waals surface area contributed by atoms with Gasteiger partial charge in [-0.3, -0.25) is 0 Å². The molecule has 0 spiro atoms. The first-order valence-corrected chi connectivity index (χ1v) is 8.07. The van der Waals surface area contributed by atoms with Gasteiger partial charge in [-0.2, -0.15) is 0 Å². The van der Waals surface area contributed by atoms with Gasteiger partial charge < -0.3 is 9.26 Å². The third-order valence-electron chi connectivity index (χ3n) is 3.50. The van der Waals surface area contributed by atoms with Crippen molar-refractivity contribution in [3.05, 3.63) is 64.1 Å². The SMILES string of the molecule is Cc1onc(-c2c(F)cccc2Cl)c1OC(=O)N(N)c1ccc(Cl)cc1. The van der Waals surface area contributed by atoms with E-state index >= 15 is 0 Å². The lowest BCUT2D eigenvalue weighted by molar-refractivity contribution is 0.206. The van der Waals surface area contributed by atoms with Gasteiger partial charge in [0, 0.05) is 11.9 Å². The Hall–Kier alpha value is -2.61. The van der Waals surface area contributed by atoms with Gasteiger partial charge in [0.2, 0.25) is 5.75 Å². The van der Waals surface area contributed by atoms with Gasteiger partial charge >= 0.3 is 6.09 Å². The second-order valence-electron chi connectivity index (χ2n) is 5.23. The molecule has 0 unspecified atom stereocenters. The van der Waals surface area contributed by atoms with Crippen molar-refractivity contribution < 1.29 is 18.4 Å². The summed E-state index contributed by atoms with van der Waals surface area (Å²) in [4.78, 5) is 12.4. The maximum atomic E-state index is 14.2. The number of carbonyl (C=O) groups excluding carboxylic acids is 1. The van der Waals surface area contributed by atoms with Crippen molar-refractivity contribution in [3.8, 4) is 17.0 Å². The van der Waals surface area contributed by atoms with Crippen molar-refractivity contribution in [1.29, 1.82) is 0 Å². The topological polar surface area (TPSA) is 81.6 Å². The van der Waals surface area contributed by atoms with E-state index in [1.54, 1.807) is 24.3 Å². The molecule has 2 aromatic carbocycles. The molecule has 0 saturated carbocycles. The van der Waals surface area contributed by atoms with Gasteiger partial charge in [0.15, 0.2) is 11.5 Å². The fourth-order valence-electron chi connectivity index (χ4n) is 2.21. The van der Waals surface area contributed by atoms with Crippen LogP contribution in [0.2, 0.25) is 10.0 Å². The lowest BCUT2D eigenvalue weighted by atomic mass is 10.1. The highest BCUT2D eigenvalue weighted by Gasteiger charge is 2.25. The molecule has 6 nitrogen and oxygen atoms in total. The first kappa shape index (κ1) is 18.2. The second kappa shape index (κ2) is 7.33. The Morgan fingerprint density at radius 3 is 2.58 bits per heavy atom. The van der Waals surface area contributed by atoms with Gasteiger partial charge in [0.1, 0.15) is 5.82 Å². The molecule has 134 valence electrons. The molecule has 0 aliphatic rings. The molecule has 26 heavy (non-hydrogen) atoms. The van der Waals surface area contributed by atoms with Crippen LogP contribution >= 0.6 is 23.2 Å². The molecule has 0 fully saturated rings. The van der Waals surface area contributed by atoms with E-state index in [2.05, 4.69) is 5.16 Å². The number of hydrogen-bond donors (Lipinski definition) is 1. The van der Waals surface area contributed by atoms with Crippen LogP contribution in [0.3, 0.4) is 0 Å². The maximum Gasteiger partial charge on any atom is 0.434 e. The van der Waals surface area contributed by atoms with Crippen LogP contribution in [-0.2, 0) is 0 Å². The summed E-state index contributed by atoms with van der Waals surface area (Å²) in [5.41, 5.74) is 0.270. The first-order valence-electron chi connectivity index (χ1n) is 7.31. The summed E-state index contributed by atoms with van der Waals surface area (Å²) in [7, 11) is 0. The Morgan fingerprint density at radius 2 is 1.92 bits per heavy atom. The van der Waals surface area contributed by atoms with Gasteiger partial charge in [-0.15, -0.1) is 0 Å². The molecule has 3 rings (SSSR count). The van der Waals surface area contributed by atoms with E-state index in [-0.39, 0.29) is 27.8 Å². The molecule has 1 heterocycles. The maximum absolute atomic E-state index is 14.2. The largest absolute Gasteiger partial charge is 0.434 e. The predicted octanol–water partition coefficient (Wildman–Crippen LogP) is 4.98. The highest BCUT2D eigenvalue weighted by Crippen LogP contribution is 2.38. The van der Waals surface area contributed by atoms with Crippen LogP contribution in [0.5, 0.6) is 5.75 Å². The molecule has 0 aliphatic carbocycles. The summed E-state index contributed by atoms with van der Waals surface area (Å²) in [6.07, 6.45) is -0.924. The third kappa shape index (κ3) is 3.50. The summed E-state index contributed by atoms with van der Waals surface area (Å²) in [5.74, 6) is 5.22. The van der Waals surface area contributed by atoms with Crippen LogP contribution in [0.4, 0.5) is 14.9 Å². The van der Waals surface area contributed by atoms with Crippen molar-refractivity contribution in [1.82, 2.24) is 5.16 Å². The van der Waals surface area contributed by atoms with Crippen molar-refractivity contribution in [2.45, 2.75) is 6.92 Å². The summed E-state index contributed by atoms with van der Waals surface area (Å²) in [5, 5.41) is 5.11. The van der Waals surface area contributed by atoms with E-state index in [1.807, 2.05) is 0 Å². The molecule has 9 heteroatoms. The average molecular weight is 396 g/mol. The molecule has 2 N–H and O–H groups in total. The molecular formula is C17H12Cl2FN3O3. The Bertz CT molecular complexity index is 940. The Morgan fingerprint density at radius 1 is 1.23 bits per heavy atom. The van der Waals surface area contributed by atoms with Crippen LogP contribution in [0.25, 0.3) is 11.3 Å². The van der Waals surface area contributed by atoms with Crippen molar-refractivity contribution in [2.24, 2.45) is 5.84 Å². The van der Waals surface area contributed by atoms with E-state index in [9.17, 15) is 9.18 Å². The first-order chi connectivity index (χ1) is 12.4. The Kier molecular flexibility index (Phi) is 5.13. The number of amides is 1. The molecule has 0 saturated heterocycles. The lowest BCUT2D eigenvalue weighted by Crippen LogP contribution is -2.39. The predicted molar refractivity (Wildman–Crippen MR) is 95.8 cm³/mol. The fourth-order valence-corrected chi connectivity index (χ4v) is 2.59. The van der Waals surface area contributed by atoms with Gasteiger partial charge in [0.05, 0.1) is 16.3 Å². The monoisotopic (exact) mass is 395 g/mol. The van der Waals surface area contributed by atoms with E-state index < -0.39 is 11.9 Å². The van der Waals surface area contributed by atoms with Crippen molar-refractivity contribution >= 4 is 35.0 Å². The fraction of sp³-hybridized carbons (Fsp3) is 0.0588. The van der Waals surface area contributed by atoms with E-state index in [0.29, 0.717) is 10.7 Å². The standard InChI is InChI=1S/C17H12Cl2FN3O3/c1-9-16(15(22-26-9)14-12(19)3-2-4-13(14)20)25-17(24)23(21)11-7-5-10(18)6-8-11/h2-8H,21H2,1H3. The minimum absolute atomic E-state index is 0.0381. The molecule has 1 amide bonds. The highest BCUT2D eigenvalue weighted by molar-refractivity contribution is 6.33. The van der Waals surface area contributed by atoms with E-state index in [4.69, 9.17) is 38.3 Å². The quantitative estimate of drug-likeness (QED) is 0.384. The van der Waals surface area contributed by atoms with E-state index in [1.165, 1.54) is 25.1 Å². The number of aryl methyl sites for hydroxylation is 1. The number of aromatic nitrogens is 1. The van der Waals surface area contributed by atoms with Crippen LogP contribution in [0.1, 0.15) is 5.76 Å². The average Bonchev–Trinajstić information content (AvgIpc) is 2.95. The normalized spacial score (nSPS) is 10.7. The Labute approximate surface area is 157 Å². The van der Waals surface area contributed by atoms with Gasteiger partial charge in [-0.25, -0.2) is 20.0 Å². The van der Waals surface area contributed by atoms with Crippen molar-refractivity contribution in [2.75, 3.05) is 5.01 Å². The van der Waals surface area contributed by atoms with Crippen LogP contribution in [0, 0.1) is 12.7 Å². The summed E-state index contributed by atoms with van der Waals surface area (Å²) in [6.45, 7) is 1.51. The van der Waals surface area contributed by atoms with Crippen LogP contribution < -0.4 is 15.6 Å². The minimum atomic E-state index is -0.924. The number of nitrogens with zero attached hydrogens (tertiary/aromatic N) is 2. The second-order valence-corrected chi connectivity index (χ2v) is 6.07. The zero-order chi connectivity index (χ0) is 18.8. The number of nitrogens with two attached hydrogens (primary N) is 1. The molecular weight excluding hydrogens is 384 g/mol. The zero-order valence-electron chi connectivity index (χ0n) is 13.4. The molecule has 1 aromatic heterocycles. The molecule has 0 bridgehead atoms. The van der Waals surface area contributed by atoms with Crippen molar-refractivity contribution in [3.63, 3.8) is 0 Å². The summed E-state index contributed by atoms with van der Waals surface area (Å²) < 4.78 is 24.5. The summed E-state index contributed by atoms with van der Waals surface area (Å²) in [6, 6.07) is 10.4. The lowest BCUT2D eigenvalue weighted by Gasteiger charge is -2.16. The number of hydrazine groups is 1. The molecule has 3 aromatic rings. The third-order valence-corrected chi connectivity index (χ3v) is 4.07. The number of carbonyl (C=O) groups is 1. The number of rotatable bonds is 3. The van der Waals surface area contributed by atoms with Gasteiger partial charge in [-0.05, 0) is 36.4 Å². The van der Waals surface area contributed by atoms with E-state index in [0.717, 1.165) is 5.01 Å². The number of benzene rings is 2. The molecule has 0 radical (unpaired) electrons. The smallest absolute Gasteiger partial charge is 0.403 e. The number of hydrogen-bond acceptors (Lipinski definition) is 5. The number of halogens is 3. The molecule has 0 atom stereocenters. The van der Waals surface area contributed by atoms with Gasteiger partial charge in [0.25, 0.3) is 0 Å². The summed E-state index contributed by atoms with van der Waals surface area (Å²) >= 11 is 11.9.